The van der Waals surface area contributed by atoms with Crippen molar-refractivity contribution in [2.75, 3.05) is 0 Å². The zero-order chi connectivity index (χ0) is 16.0. The average molecular weight is 316 g/mol. The second kappa shape index (κ2) is 4.42. The Morgan fingerprint density at radius 2 is 1.83 bits per heavy atom. The van der Waals surface area contributed by atoms with Crippen molar-refractivity contribution in [2.45, 2.75) is 90.3 Å². The third-order valence-corrected chi connectivity index (χ3v) is 9.54. The van der Waals surface area contributed by atoms with E-state index in [1.807, 2.05) is 0 Å². The molecule has 0 aromatic carbocycles. The summed E-state index contributed by atoms with van der Waals surface area (Å²) in [5, 5.41) is 0. The van der Waals surface area contributed by atoms with Crippen molar-refractivity contribution in [3.8, 4) is 0 Å². The lowest BCUT2D eigenvalue weighted by Crippen LogP contribution is -2.55. The molecule has 1 heterocycles. The summed E-state index contributed by atoms with van der Waals surface area (Å²) in [6.07, 6.45) is 12.7. The Labute approximate surface area is 140 Å². The summed E-state index contributed by atoms with van der Waals surface area (Å²) in [6, 6.07) is 0. The molecule has 0 aromatic heterocycles. The van der Waals surface area contributed by atoms with Gasteiger partial charge in [0, 0.05) is 5.41 Å². The molecule has 0 spiro atoms. The van der Waals surface area contributed by atoms with Gasteiger partial charge in [-0.1, -0.05) is 26.7 Å². The van der Waals surface area contributed by atoms with Crippen LogP contribution in [0.4, 0.5) is 0 Å². The summed E-state index contributed by atoms with van der Waals surface area (Å²) in [6.45, 7) is 6.81. The molecule has 128 valence electrons. The van der Waals surface area contributed by atoms with Gasteiger partial charge in [-0.3, -0.25) is 4.79 Å². The van der Waals surface area contributed by atoms with E-state index in [0.29, 0.717) is 11.2 Å². The fourth-order valence-electron chi connectivity index (χ4n) is 8.36. The van der Waals surface area contributed by atoms with Gasteiger partial charge >= 0.3 is 0 Å². The van der Waals surface area contributed by atoms with E-state index in [-0.39, 0.29) is 17.1 Å². The second-order valence-electron chi connectivity index (χ2n) is 9.99. The van der Waals surface area contributed by atoms with Crippen molar-refractivity contribution in [3.05, 3.63) is 0 Å². The Balaban J connectivity index is 1.49. The van der Waals surface area contributed by atoms with Crippen LogP contribution >= 0.6 is 0 Å². The lowest BCUT2D eigenvalue weighted by molar-refractivity contribution is -0.146. The molecule has 4 aliphatic carbocycles. The summed E-state index contributed by atoms with van der Waals surface area (Å²) in [7, 11) is 0. The summed E-state index contributed by atoms with van der Waals surface area (Å²) in [4.78, 5) is 12.4. The number of Topliss-reactive ketones (excluding diaryl/α,β-unsaturated/α-hetero) is 1. The molecule has 2 nitrogen and oxygen atoms in total. The fourth-order valence-corrected chi connectivity index (χ4v) is 8.36. The maximum absolute atomic E-state index is 12.4. The van der Waals surface area contributed by atoms with Gasteiger partial charge in [-0.2, -0.15) is 0 Å². The largest absolute Gasteiger partial charge is 0.357 e. The van der Waals surface area contributed by atoms with E-state index in [0.717, 1.165) is 30.1 Å². The van der Waals surface area contributed by atoms with Gasteiger partial charge in [0.05, 0.1) is 6.10 Å². The van der Waals surface area contributed by atoms with Crippen LogP contribution in [0.25, 0.3) is 0 Å². The van der Waals surface area contributed by atoms with E-state index in [9.17, 15) is 4.79 Å². The number of hydrogen-bond acceptors (Lipinski definition) is 2. The van der Waals surface area contributed by atoms with Gasteiger partial charge in [-0.15, -0.1) is 0 Å². The quantitative estimate of drug-likeness (QED) is 0.653. The molecule has 0 amide bonds. The highest BCUT2D eigenvalue weighted by molar-refractivity contribution is 5.90. The van der Waals surface area contributed by atoms with Crippen LogP contribution in [-0.2, 0) is 9.53 Å². The van der Waals surface area contributed by atoms with Gasteiger partial charge in [0.2, 0.25) is 0 Å². The number of carbonyl (C=O) groups excluding carboxylic acids is 1. The Morgan fingerprint density at radius 1 is 1.00 bits per heavy atom. The van der Waals surface area contributed by atoms with Crippen LogP contribution in [0.15, 0.2) is 0 Å². The van der Waals surface area contributed by atoms with Crippen LogP contribution in [0, 0.1) is 34.5 Å². The lowest BCUT2D eigenvalue weighted by atomic mass is 9.44. The number of fused-ring (bicyclic) bond motifs is 7. The lowest BCUT2D eigenvalue weighted by Gasteiger charge is -2.60. The van der Waals surface area contributed by atoms with Gasteiger partial charge in [0.15, 0.2) is 11.4 Å². The molecule has 2 heteroatoms. The van der Waals surface area contributed by atoms with Gasteiger partial charge in [0.25, 0.3) is 0 Å². The van der Waals surface area contributed by atoms with Crippen LogP contribution in [0.1, 0.15) is 78.6 Å². The smallest absolute Gasteiger partial charge is 0.164 e. The topological polar surface area (TPSA) is 29.6 Å². The highest BCUT2D eigenvalue weighted by Gasteiger charge is 2.79. The van der Waals surface area contributed by atoms with E-state index < -0.39 is 0 Å². The van der Waals surface area contributed by atoms with Crippen molar-refractivity contribution >= 4 is 5.78 Å². The molecule has 8 atom stereocenters. The number of rotatable bonds is 1. The van der Waals surface area contributed by atoms with Crippen LogP contribution in [0.3, 0.4) is 0 Å². The molecule has 5 aliphatic rings. The third-order valence-electron chi connectivity index (χ3n) is 9.54. The predicted molar refractivity (Wildman–Crippen MR) is 90.0 cm³/mol. The van der Waals surface area contributed by atoms with Gasteiger partial charge in [-0.25, -0.2) is 0 Å². The van der Waals surface area contributed by atoms with Gasteiger partial charge in [0.1, 0.15) is 0 Å². The van der Waals surface area contributed by atoms with Crippen LogP contribution in [0.2, 0.25) is 0 Å². The minimum atomic E-state index is -0.382. The standard InChI is InChI=1S/C21H32O2/c1-13(22)21-18(23-21)12-17-15-8-7-14-6-4-5-10-19(14,2)16(15)9-11-20(17,21)3/h14-18H,4-12H2,1-3H3/t14-,15-,16+,17-,18-,19+,20+,21-/m1/s1. The van der Waals surface area contributed by atoms with E-state index in [2.05, 4.69) is 13.8 Å². The molecule has 4 saturated carbocycles. The fraction of sp³-hybridized carbons (Fsp3) is 0.952. The van der Waals surface area contributed by atoms with Crippen molar-refractivity contribution < 1.29 is 9.53 Å². The first kappa shape index (κ1) is 14.9. The zero-order valence-corrected chi connectivity index (χ0v) is 15.1. The Morgan fingerprint density at radius 3 is 2.61 bits per heavy atom. The molecule has 5 fully saturated rings. The van der Waals surface area contributed by atoms with Crippen molar-refractivity contribution in [3.63, 3.8) is 0 Å². The molecule has 0 bridgehead atoms. The predicted octanol–water partition coefficient (Wildman–Crippen LogP) is 4.76. The first-order valence-corrected chi connectivity index (χ1v) is 10.1. The number of ether oxygens (including phenoxy) is 1. The Kier molecular flexibility index (Phi) is 2.87. The summed E-state index contributed by atoms with van der Waals surface area (Å²) in [5.41, 5.74) is 0.342. The van der Waals surface area contributed by atoms with Crippen molar-refractivity contribution in [1.29, 1.82) is 0 Å². The van der Waals surface area contributed by atoms with E-state index in [1.54, 1.807) is 6.92 Å². The third kappa shape index (κ3) is 1.58. The van der Waals surface area contributed by atoms with Crippen molar-refractivity contribution in [2.24, 2.45) is 34.5 Å². The SMILES string of the molecule is CC(=O)[C@@]12O[C@@H]1C[C@@H]1[C@@H]3CC[C@H]4CCCC[C@]4(C)[C@H]3CC[C@@]12C. The molecule has 0 radical (unpaired) electrons. The molecule has 0 N–H and O–H groups in total. The first-order chi connectivity index (χ1) is 10.9. The van der Waals surface area contributed by atoms with E-state index >= 15 is 0 Å². The number of epoxide rings is 1. The first-order valence-electron chi connectivity index (χ1n) is 10.1. The normalized spacial score (nSPS) is 60.2. The minimum Gasteiger partial charge on any atom is -0.357 e. The maximum atomic E-state index is 12.4. The second-order valence-corrected chi connectivity index (χ2v) is 9.99. The summed E-state index contributed by atoms with van der Waals surface area (Å²) in [5.74, 6) is 3.81. The summed E-state index contributed by atoms with van der Waals surface area (Å²) < 4.78 is 6.04. The molecule has 5 rings (SSSR count). The van der Waals surface area contributed by atoms with E-state index in [1.165, 1.54) is 51.4 Å². The van der Waals surface area contributed by atoms with E-state index in [4.69, 9.17) is 4.74 Å². The minimum absolute atomic E-state index is 0.128. The molecule has 1 aliphatic heterocycles. The monoisotopic (exact) mass is 316 g/mol. The average Bonchev–Trinajstić information content (AvgIpc) is 3.20. The molecular weight excluding hydrogens is 284 g/mol. The summed E-state index contributed by atoms with van der Waals surface area (Å²) >= 11 is 0. The van der Waals surface area contributed by atoms with Gasteiger partial charge < -0.3 is 4.74 Å². The molecular formula is C21H32O2. The molecule has 23 heavy (non-hydrogen) atoms. The molecule has 1 saturated heterocycles. The van der Waals surface area contributed by atoms with Crippen LogP contribution < -0.4 is 0 Å². The highest BCUT2D eigenvalue weighted by atomic mass is 16.6. The maximum Gasteiger partial charge on any atom is 0.164 e. The zero-order valence-electron chi connectivity index (χ0n) is 15.1. The number of carbonyl (C=O) groups is 1. The van der Waals surface area contributed by atoms with Crippen molar-refractivity contribution in [1.82, 2.24) is 0 Å². The van der Waals surface area contributed by atoms with Gasteiger partial charge in [-0.05, 0) is 81.0 Å². The molecule has 0 unspecified atom stereocenters. The Hall–Kier alpha value is -0.370. The van der Waals surface area contributed by atoms with Crippen LogP contribution in [0.5, 0.6) is 0 Å². The molecule has 0 aromatic rings. The van der Waals surface area contributed by atoms with Crippen LogP contribution in [-0.4, -0.2) is 17.5 Å². The number of hydrogen-bond donors (Lipinski definition) is 0. The highest BCUT2D eigenvalue weighted by Crippen LogP contribution is 2.73. The Bertz CT molecular complexity index is 556. The number of ketones is 1.